The molecule has 1 heterocycles. The summed E-state index contributed by atoms with van der Waals surface area (Å²) < 4.78 is 17.0. The summed E-state index contributed by atoms with van der Waals surface area (Å²) in [7, 11) is 1.64. The average molecular weight is 359 g/mol. The molecule has 1 aromatic carbocycles. The van der Waals surface area contributed by atoms with Gasteiger partial charge in [0.05, 0.1) is 19.3 Å². The summed E-state index contributed by atoms with van der Waals surface area (Å²) in [5.74, 6) is 1.50. The zero-order valence-electron chi connectivity index (χ0n) is 16.6. The van der Waals surface area contributed by atoms with Gasteiger partial charge in [-0.05, 0) is 46.3 Å². The van der Waals surface area contributed by atoms with E-state index in [1.807, 2.05) is 38.1 Å². The Kier molecular flexibility index (Phi) is 6.72. The van der Waals surface area contributed by atoms with Gasteiger partial charge in [-0.1, -0.05) is 18.2 Å². The first-order valence-electron chi connectivity index (χ1n) is 9.14. The van der Waals surface area contributed by atoms with Crippen LogP contribution in [-0.4, -0.2) is 37.7 Å². The van der Waals surface area contributed by atoms with Crippen LogP contribution in [0.15, 0.2) is 47.1 Å². The van der Waals surface area contributed by atoms with Crippen LogP contribution in [0.1, 0.15) is 46.1 Å². The number of hydrogen-bond acceptors (Lipinski definition) is 5. The van der Waals surface area contributed by atoms with E-state index in [1.165, 1.54) is 0 Å². The van der Waals surface area contributed by atoms with Crippen molar-refractivity contribution < 1.29 is 19.0 Å². The van der Waals surface area contributed by atoms with E-state index in [0.717, 1.165) is 35.9 Å². The lowest BCUT2D eigenvalue weighted by atomic mass is 9.82. The van der Waals surface area contributed by atoms with Gasteiger partial charge in [0.1, 0.15) is 11.5 Å². The molecule has 0 bridgehead atoms. The quantitative estimate of drug-likeness (QED) is 0.682. The van der Waals surface area contributed by atoms with Crippen LogP contribution in [0, 0.1) is 0 Å². The second kappa shape index (κ2) is 8.79. The maximum atomic E-state index is 12.7. The summed E-state index contributed by atoms with van der Waals surface area (Å²) in [6.07, 6.45) is 0. The lowest BCUT2D eigenvalue weighted by Gasteiger charge is -2.35. The molecule has 0 spiro atoms. The SMILES string of the molecule is CCOC(=O)C1=C(C)OC(N(CC)CC)=C(C)C1c1ccccc1OC. The van der Waals surface area contributed by atoms with E-state index in [4.69, 9.17) is 14.2 Å². The van der Waals surface area contributed by atoms with Gasteiger partial charge in [-0.2, -0.15) is 0 Å². The van der Waals surface area contributed by atoms with Crippen molar-refractivity contribution >= 4 is 5.97 Å². The predicted molar refractivity (Wildman–Crippen MR) is 102 cm³/mol. The first-order valence-corrected chi connectivity index (χ1v) is 9.14. The van der Waals surface area contributed by atoms with Crippen molar-refractivity contribution in [2.45, 2.75) is 40.5 Å². The molecule has 0 saturated heterocycles. The number of ether oxygens (including phenoxy) is 3. The molecule has 0 saturated carbocycles. The number of benzene rings is 1. The van der Waals surface area contributed by atoms with Crippen molar-refractivity contribution in [1.29, 1.82) is 0 Å². The molecule has 0 amide bonds. The summed E-state index contributed by atoms with van der Waals surface area (Å²) >= 11 is 0. The monoisotopic (exact) mass is 359 g/mol. The zero-order chi connectivity index (χ0) is 19.3. The number of para-hydroxylation sites is 1. The van der Waals surface area contributed by atoms with Crippen LogP contribution in [0.3, 0.4) is 0 Å². The van der Waals surface area contributed by atoms with E-state index in [0.29, 0.717) is 17.9 Å². The molecule has 1 atom stereocenters. The number of rotatable bonds is 7. The molecule has 0 fully saturated rings. The largest absolute Gasteiger partial charge is 0.496 e. The Labute approximate surface area is 156 Å². The highest BCUT2D eigenvalue weighted by atomic mass is 16.5. The summed E-state index contributed by atoms with van der Waals surface area (Å²) in [5.41, 5.74) is 2.44. The summed E-state index contributed by atoms with van der Waals surface area (Å²) in [6, 6.07) is 7.78. The summed E-state index contributed by atoms with van der Waals surface area (Å²) in [5, 5.41) is 0. The minimum atomic E-state index is -0.348. The number of carbonyl (C=O) groups is 1. The van der Waals surface area contributed by atoms with Crippen LogP contribution in [0.2, 0.25) is 0 Å². The van der Waals surface area contributed by atoms with Gasteiger partial charge in [-0.3, -0.25) is 0 Å². The number of carbonyl (C=O) groups excluding carboxylic acids is 1. The number of allylic oxidation sites excluding steroid dienone is 2. The molecule has 1 unspecified atom stereocenters. The number of hydrogen-bond donors (Lipinski definition) is 0. The second-order valence-corrected chi connectivity index (χ2v) is 6.13. The molecule has 0 N–H and O–H groups in total. The van der Waals surface area contributed by atoms with Crippen LogP contribution in [0.4, 0.5) is 0 Å². The summed E-state index contributed by atoms with van der Waals surface area (Å²) in [4.78, 5) is 14.9. The topological polar surface area (TPSA) is 48.0 Å². The Hall–Kier alpha value is -2.43. The van der Waals surface area contributed by atoms with Crippen LogP contribution >= 0.6 is 0 Å². The van der Waals surface area contributed by atoms with Gasteiger partial charge >= 0.3 is 5.97 Å². The Balaban J connectivity index is 2.67. The molecule has 5 heteroatoms. The van der Waals surface area contributed by atoms with Crippen molar-refractivity contribution in [1.82, 2.24) is 4.90 Å². The lowest BCUT2D eigenvalue weighted by Crippen LogP contribution is -2.31. The summed E-state index contributed by atoms with van der Waals surface area (Å²) in [6.45, 7) is 11.8. The minimum absolute atomic E-state index is 0.269. The van der Waals surface area contributed by atoms with Gasteiger partial charge in [-0.25, -0.2) is 4.79 Å². The lowest BCUT2D eigenvalue weighted by molar-refractivity contribution is -0.139. The Morgan fingerprint density at radius 2 is 1.81 bits per heavy atom. The average Bonchev–Trinajstić information content (AvgIpc) is 2.65. The standard InChI is InChI=1S/C21H29NO4/c1-7-22(8-2)20-14(4)18(16-12-10-11-13-17(16)24-6)19(15(5)26-20)21(23)25-9-3/h10-13,18H,7-9H2,1-6H3. The van der Waals surface area contributed by atoms with E-state index in [-0.39, 0.29) is 11.9 Å². The van der Waals surface area contributed by atoms with E-state index in [2.05, 4.69) is 18.7 Å². The van der Waals surface area contributed by atoms with Crippen LogP contribution in [0.25, 0.3) is 0 Å². The normalized spacial score (nSPS) is 17.1. The number of nitrogens with zero attached hydrogens (tertiary/aromatic N) is 1. The fourth-order valence-electron chi connectivity index (χ4n) is 3.41. The van der Waals surface area contributed by atoms with Crippen LogP contribution in [-0.2, 0) is 14.3 Å². The Morgan fingerprint density at radius 1 is 1.15 bits per heavy atom. The first-order chi connectivity index (χ1) is 12.5. The zero-order valence-corrected chi connectivity index (χ0v) is 16.6. The van der Waals surface area contributed by atoms with Gasteiger partial charge < -0.3 is 19.1 Å². The third-order valence-electron chi connectivity index (χ3n) is 4.68. The Morgan fingerprint density at radius 3 is 2.38 bits per heavy atom. The third-order valence-corrected chi connectivity index (χ3v) is 4.68. The maximum absolute atomic E-state index is 12.7. The molecule has 0 aromatic heterocycles. The fourth-order valence-corrected chi connectivity index (χ4v) is 3.41. The van der Waals surface area contributed by atoms with Crippen LogP contribution in [0.5, 0.6) is 5.75 Å². The molecule has 0 radical (unpaired) electrons. The maximum Gasteiger partial charge on any atom is 0.338 e. The van der Waals surface area contributed by atoms with E-state index < -0.39 is 0 Å². The van der Waals surface area contributed by atoms with Gasteiger partial charge in [0.15, 0.2) is 5.88 Å². The van der Waals surface area contributed by atoms with Crippen molar-refractivity contribution in [3.05, 3.63) is 52.6 Å². The molecule has 0 aliphatic carbocycles. The van der Waals surface area contributed by atoms with Crippen molar-refractivity contribution in [2.75, 3.05) is 26.8 Å². The first kappa shape index (κ1) is 19.9. The van der Waals surface area contributed by atoms with Crippen molar-refractivity contribution in [3.8, 4) is 5.75 Å². The van der Waals surface area contributed by atoms with Crippen molar-refractivity contribution in [3.63, 3.8) is 0 Å². The molecule has 1 aliphatic heterocycles. The van der Waals surface area contributed by atoms with Crippen LogP contribution < -0.4 is 4.74 Å². The molecule has 5 nitrogen and oxygen atoms in total. The molecule has 2 rings (SSSR count). The minimum Gasteiger partial charge on any atom is -0.496 e. The highest BCUT2D eigenvalue weighted by Gasteiger charge is 2.37. The van der Waals surface area contributed by atoms with Gasteiger partial charge in [0.25, 0.3) is 0 Å². The molecule has 1 aromatic rings. The molecular weight excluding hydrogens is 330 g/mol. The second-order valence-electron chi connectivity index (χ2n) is 6.13. The molecule has 142 valence electrons. The highest BCUT2D eigenvalue weighted by molar-refractivity contribution is 5.92. The molecule has 1 aliphatic rings. The smallest absolute Gasteiger partial charge is 0.338 e. The van der Waals surface area contributed by atoms with Gasteiger partial charge in [-0.15, -0.1) is 0 Å². The van der Waals surface area contributed by atoms with E-state index in [9.17, 15) is 4.79 Å². The fraction of sp³-hybridized carbons (Fsp3) is 0.476. The van der Waals surface area contributed by atoms with Crippen molar-refractivity contribution in [2.24, 2.45) is 0 Å². The third kappa shape index (κ3) is 3.71. The molecular formula is C21H29NO4. The Bertz CT molecular complexity index is 716. The van der Waals surface area contributed by atoms with E-state index in [1.54, 1.807) is 14.0 Å². The number of methoxy groups -OCH3 is 1. The van der Waals surface area contributed by atoms with E-state index >= 15 is 0 Å². The highest BCUT2D eigenvalue weighted by Crippen LogP contribution is 2.44. The van der Waals surface area contributed by atoms with Gasteiger partial charge in [0, 0.05) is 24.6 Å². The predicted octanol–water partition coefficient (Wildman–Crippen LogP) is 4.22. The molecule has 26 heavy (non-hydrogen) atoms. The number of esters is 1. The van der Waals surface area contributed by atoms with Gasteiger partial charge in [0.2, 0.25) is 0 Å².